The summed E-state index contributed by atoms with van der Waals surface area (Å²) in [4.78, 5) is 19.5. The van der Waals surface area contributed by atoms with Gasteiger partial charge in [-0.2, -0.15) is 0 Å². The largest absolute Gasteiger partial charge is 0.350 e. The molecule has 1 aromatic carbocycles. The number of anilines is 1. The van der Waals surface area contributed by atoms with Gasteiger partial charge in [-0.05, 0) is 28.9 Å². The third-order valence-corrected chi connectivity index (χ3v) is 4.41. The number of benzene rings is 1. The van der Waals surface area contributed by atoms with Crippen LogP contribution in [0.4, 0.5) is 5.13 Å². The van der Waals surface area contributed by atoms with Gasteiger partial charge in [-0.1, -0.05) is 18.2 Å². The molecule has 0 unspecified atom stereocenters. The van der Waals surface area contributed by atoms with Gasteiger partial charge in [-0.3, -0.25) is 10.1 Å². The number of fused-ring (bicyclic) bond motifs is 1. The summed E-state index contributed by atoms with van der Waals surface area (Å²) in [6.45, 7) is 1.89. The number of thiazole rings is 1. The van der Waals surface area contributed by atoms with Crippen LogP contribution in [-0.4, -0.2) is 15.9 Å². The molecule has 0 saturated heterocycles. The fourth-order valence-electron chi connectivity index (χ4n) is 1.84. The van der Waals surface area contributed by atoms with Gasteiger partial charge in [-0.25, -0.2) is 4.98 Å². The molecule has 0 saturated carbocycles. The minimum Gasteiger partial charge on any atom is -0.350 e. The number of H-pyrrole nitrogens is 1. The van der Waals surface area contributed by atoms with E-state index < -0.39 is 0 Å². The van der Waals surface area contributed by atoms with E-state index in [0.717, 1.165) is 21.1 Å². The van der Waals surface area contributed by atoms with E-state index in [0.29, 0.717) is 10.8 Å². The standard InChI is InChI=1S/C13H10BrN3OS/c1-7-6-19-13(15-7)17-12(18)11-10(14)8-4-2-3-5-9(8)16-11/h2-6,16H,1H3,(H,15,17,18). The zero-order valence-electron chi connectivity index (χ0n) is 10.0. The second-order valence-electron chi connectivity index (χ2n) is 4.11. The number of nitrogens with one attached hydrogen (secondary N) is 2. The molecule has 4 nitrogen and oxygen atoms in total. The average molecular weight is 336 g/mol. The molecule has 0 aliphatic heterocycles. The number of hydrogen-bond acceptors (Lipinski definition) is 3. The van der Waals surface area contributed by atoms with Gasteiger partial charge < -0.3 is 4.98 Å². The van der Waals surface area contributed by atoms with Crippen LogP contribution in [0.3, 0.4) is 0 Å². The number of halogens is 1. The lowest BCUT2D eigenvalue weighted by atomic mass is 10.2. The highest BCUT2D eigenvalue weighted by molar-refractivity contribution is 9.10. The van der Waals surface area contributed by atoms with E-state index in [1.165, 1.54) is 11.3 Å². The highest BCUT2D eigenvalue weighted by Crippen LogP contribution is 2.28. The van der Waals surface area contributed by atoms with Gasteiger partial charge in [-0.15, -0.1) is 11.3 Å². The first-order valence-corrected chi connectivity index (χ1v) is 7.32. The fraction of sp³-hybridized carbons (Fsp3) is 0.0769. The molecule has 2 N–H and O–H groups in total. The minimum atomic E-state index is -0.197. The number of aromatic amines is 1. The average Bonchev–Trinajstić information content (AvgIpc) is 2.94. The first kappa shape index (κ1) is 12.4. The van der Waals surface area contributed by atoms with E-state index in [1.54, 1.807) is 0 Å². The maximum Gasteiger partial charge on any atom is 0.275 e. The van der Waals surface area contributed by atoms with Crippen molar-refractivity contribution in [3.05, 3.63) is 45.5 Å². The Hall–Kier alpha value is -1.66. The molecule has 0 aliphatic carbocycles. The SMILES string of the molecule is Cc1csc(NC(=O)c2[nH]c3ccccc3c2Br)n1. The quantitative estimate of drug-likeness (QED) is 0.744. The van der Waals surface area contributed by atoms with Crippen LogP contribution in [0, 0.1) is 6.92 Å². The molecule has 3 aromatic rings. The van der Waals surface area contributed by atoms with Crippen LogP contribution in [0.1, 0.15) is 16.2 Å². The molecule has 2 aromatic heterocycles. The zero-order valence-corrected chi connectivity index (χ0v) is 12.4. The first-order chi connectivity index (χ1) is 9.15. The highest BCUT2D eigenvalue weighted by atomic mass is 79.9. The molecular weight excluding hydrogens is 326 g/mol. The van der Waals surface area contributed by atoms with E-state index in [-0.39, 0.29) is 5.91 Å². The van der Waals surface area contributed by atoms with E-state index >= 15 is 0 Å². The van der Waals surface area contributed by atoms with E-state index in [1.807, 2.05) is 36.6 Å². The molecule has 0 fully saturated rings. The molecule has 6 heteroatoms. The Bertz CT molecular complexity index is 762. The maximum absolute atomic E-state index is 12.2. The second-order valence-corrected chi connectivity index (χ2v) is 5.76. The number of aryl methyl sites for hydroxylation is 1. The molecular formula is C13H10BrN3OS. The van der Waals surface area contributed by atoms with Crippen LogP contribution < -0.4 is 5.32 Å². The van der Waals surface area contributed by atoms with Crippen molar-refractivity contribution in [2.75, 3.05) is 5.32 Å². The summed E-state index contributed by atoms with van der Waals surface area (Å²) >= 11 is 4.87. The lowest BCUT2D eigenvalue weighted by molar-refractivity contribution is 0.102. The van der Waals surface area contributed by atoms with Crippen molar-refractivity contribution in [2.45, 2.75) is 6.92 Å². The summed E-state index contributed by atoms with van der Waals surface area (Å²) in [6, 6.07) is 7.76. The van der Waals surface area contributed by atoms with E-state index in [4.69, 9.17) is 0 Å². The van der Waals surface area contributed by atoms with Crippen LogP contribution in [0.2, 0.25) is 0 Å². The molecule has 0 radical (unpaired) electrons. The maximum atomic E-state index is 12.2. The normalized spacial score (nSPS) is 10.8. The highest BCUT2D eigenvalue weighted by Gasteiger charge is 2.16. The third kappa shape index (κ3) is 2.29. The molecule has 2 heterocycles. The molecule has 3 rings (SSSR count). The van der Waals surface area contributed by atoms with Crippen LogP contribution in [0.15, 0.2) is 34.1 Å². The summed E-state index contributed by atoms with van der Waals surface area (Å²) in [6.07, 6.45) is 0. The van der Waals surface area contributed by atoms with Crippen molar-refractivity contribution < 1.29 is 4.79 Å². The van der Waals surface area contributed by atoms with Crippen LogP contribution in [-0.2, 0) is 0 Å². The monoisotopic (exact) mass is 335 g/mol. The zero-order chi connectivity index (χ0) is 13.4. The van der Waals surface area contributed by atoms with Gasteiger partial charge in [0, 0.05) is 16.3 Å². The number of hydrogen-bond donors (Lipinski definition) is 2. The third-order valence-electron chi connectivity index (χ3n) is 2.71. The molecule has 0 atom stereocenters. The van der Waals surface area contributed by atoms with Gasteiger partial charge in [0.25, 0.3) is 5.91 Å². The summed E-state index contributed by atoms with van der Waals surface area (Å²) in [7, 11) is 0. The Morgan fingerprint density at radius 2 is 2.21 bits per heavy atom. The van der Waals surface area contributed by atoms with Crippen molar-refractivity contribution in [1.29, 1.82) is 0 Å². The fourth-order valence-corrected chi connectivity index (χ4v) is 3.14. The van der Waals surface area contributed by atoms with Crippen molar-refractivity contribution in [1.82, 2.24) is 9.97 Å². The minimum absolute atomic E-state index is 0.197. The predicted octanol–water partition coefficient (Wildman–Crippen LogP) is 3.95. The Kier molecular flexibility index (Phi) is 3.12. The molecule has 0 aliphatic rings. The summed E-state index contributed by atoms with van der Waals surface area (Å²) in [5, 5.41) is 6.28. The topological polar surface area (TPSA) is 57.8 Å². The van der Waals surface area contributed by atoms with E-state index in [2.05, 4.69) is 31.2 Å². The van der Waals surface area contributed by atoms with Gasteiger partial charge in [0.1, 0.15) is 5.69 Å². The summed E-state index contributed by atoms with van der Waals surface area (Å²) in [5.41, 5.74) is 2.33. The summed E-state index contributed by atoms with van der Waals surface area (Å²) in [5.74, 6) is -0.197. The molecule has 0 spiro atoms. The first-order valence-electron chi connectivity index (χ1n) is 5.65. The molecule has 96 valence electrons. The van der Waals surface area contributed by atoms with Gasteiger partial charge >= 0.3 is 0 Å². The Balaban J connectivity index is 1.95. The van der Waals surface area contributed by atoms with Crippen LogP contribution in [0.25, 0.3) is 10.9 Å². The molecule has 19 heavy (non-hydrogen) atoms. The van der Waals surface area contributed by atoms with Crippen molar-refractivity contribution in [2.24, 2.45) is 0 Å². The number of para-hydroxylation sites is 1. The van der Waals surface area contributed by atoms with Gasteiger partial charge in [0.05, 0.1) is 10.2 Å². The second kappa shape index (κ2) is 4.79. The van der Waals surface area contributed by atoms with Crippen LogP contribution in [0.5, 0.6) is 0 Å². The van der Waals surface area contributed by atoms with Gasteiger partial charge in [0.15, 0.2) is 5.13 Å². The Labute approximate surface area is 122 Å². The lowest BCUT2D eigenvalue weighted by Gasteiger charge is -1.99. The number of nitrogens with zero attached hydrogens (tertiary/aromatic N) is 1. The van der Waals surface area contributed by atoms with Gasteiger partial charge in [0.2, 0.25) is 0 Å². The number of carbonyl (C=O) groups is 1. The number of rotatable bonds is 2. The van der Waals surface area contributed by atoms with Crippen molar-refractivity contribution in [3.8, 4) is 0 Å². The number of amides is 1. The lowest BCUT2D eigenvalue weighted by Crippen LogP contribution is -2.12. The number of aromatic nitrogens is 2. The molecule has 0 bridgehead atoms. The molecule has 1 amide bonds. The predicted molar refractivity (Wildman–Crippen MR) is 80.8 cm³/mol. The summed E-state index contributed by atoms with van der Waals surface area (Å²) < 4.78 is 0.772. The Morgan fingerprint density at radius 3 is 2.89 bits per heavy atom. The van der Waals surface area contributed by atoms with Crippen LogP contribution >= 0.6 is 27.3 Å². The van der Waals surface area contributed by atoms with E-state index in [9.17, 15) is 4.79 Å². The number of carbonyl (C=O) groups excluding carboxylic acids is 1. The smallest absolute Gasteiger partial charge is 0.275 e. The Morgan fingerprint density at radius 1 is 1.42 bits per heavy atom. The van der Waals surface area contributed by atoms with Crippen molar-refractivity contribution in [3.63, 3.8) is 0 Å². The van der Waals surface area contributed by atoms with Crippen molar-refractivity contribution >= 4 is 49.2 Å².